The van der Waals surface area contributed by atoms with E-state index in [1.165, 1.54) is 19.3 Å². The Labute approximate surface area is 367 Å². The number of allylic oxidation sites excluding steroid dienone is 16. The van der Waals surface area contributed by atoms with Crippen molar-refractivity contribution in [3.05, 3.63) is 97.2 Å². The Kier molecular flexibility index (Phi) is 43.5. The van der Waals surface area contributed by atoms with Gasteiger partial charge in [0.1, 0.15) is 12.1 Å². The minimum absolute atomic E-state index is 0.0512. The second kappa shape index (κ2) is 46.4. The van der Waals surface area contributed by atoms with Gasteiger partial charge in [0.2, 0.25) is 5.91 Å². The van der Waals surface area contributed by atoms with Crippen LogP contribution >= 0.6 is 0 Å². The number of carbonyl (C=O) groups is 3. The van der Waals surface area contributed by atoms with Gasteiger partial charge in [0.05, 0.1) is 0 Å². The monoisotopic (exact) mass is 833 g/mol. The van der Waals surface area contributed by atoms with Crippen LogP contribution in [0.3, 0.4) is 0 Å². The molecule has 4 N–H and O–H groups in total. The van der Waals surface area contributed by atoms with Gasteiger partial charge < -0.3 is 20.9 Å². The second-order valence-electron chi connectivity index (χ2n) is 15.8. The maximum Gasteiger partial charge on any atom is 0.326 e. The van der Waals surface area contributed by atoms with Gasteiger partial charge in [-0.1, -0.05) is 156 Å². The third-order valence-electron chi connectivity index (χ3n) is 10.1. The lowest BCUT2D eigenvalue weighted by Gasteiger charge is -2.18. The van der Waals surface area contributed by atoms with Crippen molar-refractivity contribution >= 4 is 17.8 Å². The molecular weight excluding hydrogens is 745 g/mol. The summed E-state index contributed by atoms with van der Waals surface area (Å²) in [4.78, 5) is 36.5. The summed E-state index contributed by atoms with van der Waals surface area (Å²) < 4.78 is 6.02. The molecule has 2 unspecified atom stereocenters. The van der Waals surface area contributed by atoms with Crippen LogP contribution in [0.15, 0.2) is 97.2 Å². The number of nitrogens with two attached hydrogens (primary N) is 1. The SMILES string of the molecule is CC/C=C\C/C=C\C/C=C\C/C=C\C/C=C\C/C=C\CCCCCCC(=O)OC(CCC/C=C\C/C=C\CCCCC)CCCCCCCC(=O)NC(CCCN)C(=O)O. The van der Waals surface area contributed by atoms with Crippen molar-refractivity contribution in [1.29, 1.82) is 0 Å². The normalized spacial score (nSPS) is 13.5. The number of hydrogen-bond acceptors (Lipinski definition) is 5. The zero-order valence-electron chi connectivity index (χ0n) is 38.3. The van der Waals surface area contributed by atoms with Crippen molar-refractivity contribution in [2.24, 2.45) is 5.73 Å². The molecule has 0 aromatic carbocycles. The topological polar surface area (TPSA) is 119 Å². The van der Waals surface area contributed by atoms with Crippen molar-refractivity contribution in [1.82, 2.24) is 5.32 Å². The Morgan fingerprint density at radius 3 is 1.45 bits per heavy atom. The molecule has 60 heavy (non-hydrogen) atoms. The zero-order chi connectivity index (χ0) is 43.8. The largest absolute Gasteiger partial charge is 0.480 e. The summed E-state index contributed by atoms with van der Waals surface area (Å²) in [6, 6.07) is -0.868. The van der Waals surface area contributed by atoms with Gasteiger partial charge in [0, 0.05) is 12.8 Å². The lowest BCUT2D eigenvalue weighted by atomic mass is 10.0. The molecule has 0 radical (unpaired) electrons. The highest BCUT2D eigenvalue weighted by Crippen LogP contribution is 2.17. The van der Waals surface area contributed by atoms with Gasteiger partial charge in [-0.05, 0) is 135 Å². The second-order valence-corrected chi connectivity index (χ2v) is 15.8. The predicted molar refractivity (Wildman–Crippen MR) is 257 cm³/mol. The molecule has 0 saturated carbocycles. The molecule has 0 aromatic heterocycles. The molecule has 0 spiro atoms. The fraction of sp³-hybridized carbons (Fsp3) is 0.642. The summed E-state index contributed by atoms with van der Waals surface area (Å²) in [6.07, 6.45) is 63.1. The summed E-state index contributed by atoms with van der Waals surface area (Å²) in [5.41, 5.74) is 5.49. The van der Waals surface area contributed by atoms with Crippen LogP contribution in [-0.4, -0.2) is 41.6 Å². The maximum atomic E-state index is 12.8. The lowest BCUT2D eigenvalue weighted by molar-refractivity contribution is -0.150. The molecule has 0 bridgehead atoms. The standard InChI is InChI=1S/C53H88N2O5/c1-3-5-7-9-11-13-15-16-17-18-19-20-21-22-23-24-25-26-28-30-32-37-41-47-52(57)60-49(43-38-34-31-29-27-14-12-10-8-6-4-2)44-39-35-33-36-40-46-51(56)55-50(53(58)59)45-42-48-54/h5,7,11-14,16-17,19-20,22-23,25-26,29,31,49-50H,3-4,6,8-10,15,18,21,24,27-28,30,32-48,54H2,1-2H3,(H,55,56)(H,58,59)/b7-5-,13-11-,14-12-,17-16-,20-19-,23-22-,26-25-,31-29-. The number of hydrogen-bond donors (Lipinski definition) is 3. The number of ether oxygens (including phenoxy) is 1. The van der Waals surface area contributed by atoms with Crippen LogP contribution in [-0.2, 0) is 19.1 Å². The minimum atomic E-state index is -1.01. The van der Waals surface area contributed by atoms with Crippen LogP contribution in [0, 0.1) is 0 Å². The number of esters is 1. The molecule has 0 aliphatic carbocycles. The maximum absolute atomic E-state index is 12.8. The highest BCUT2D eigenvalue weighted by atomic mass is 16.5. The smallest absolute Gasteiger partial charge is 0.326 e. The lowest BCUT2D eigenvalue weighted by Crippen LogP contribution is -2.40. The fourth-order valence-corrected chi connectivity index (χ4v) is 6.55. The van der Waals surface area contributed by atoms with Crippen molar-refractivity contribution < 1.29 is 24.2 Å². The van der Waals surface area contributed by atoms with Gasteiger partial charge in [-0.3, -0.25) is 9.59 Å². The number of carbonyl (C=O) groups excluding carboxylic acids is 2. The van der Waals surface area contributed by atoms with E-state index in [9.17, 15) is 19.5 Å². The van der Waals surface area contributed by atoms with E-state index in [-0.39, 0.29) is 18.0 Å². The summed E-state index contributed by atoms with van der Waals surface area (Å²) in [6.45, 7) is 4.79. The highest BCUT2D eigenvalue weighted by Gasteiger charge is 2.19. The minimum Gasteiger partial charge on any atom is -0.480 e. The number of rotatable bonds is 42. The van der Waals surface area contributed by atoms with E-state index in [0.29, 0.717) is 32.2 Å². The number of nitrogens with one attached hydrogen (secondary N) is 1. The van der Waals surface area contributed by atoms with Crippen LogP contribution in [0.25, 0.3) is 0 Å². The molecule has 0 aromatic rings. The van der Waals surface area contributed by atoms with E-state index in [1.807, 2.05) is 0 Å². The first-order valence-corrected chi connectivity index (χ1v) is 24.1. The van der Waals surface area contributed by atoms with Crippen LogP contribution in [0.2, 0.25) is 0 Å². The molecule has 0 aliphatic rings. The predicted octanol–water partition coefficient (Wildman–Crippen LogP) is 14.2. The van der Waals surface area contributed by atoms with Crippen molar-refractivity contribution in [3.8, 4) is 0 Å². The van der Waals surface area contributed by atoms with Gasteiger partial charge in [-0.2, -0.15) is 0 Å². The van der Waals surface area contributed by atoms with Crippen molar-refractivity contribution in [2.45, 2.75) is 212 Å². The number of amides is 1. The van der Waals surface area contributed by atoms with Crippen LogP contribution in [0.5, 0.6) is 0 Å². The summed E-state index contributed by atoms with van der Waals surface area (Å²) >= 11 is 0. The van der Waals surface area contributed by atoms with Gasteiger partial charge in [-0.25, -0.2) is 4.79 Å². The van der Waals surface area contributed by atoms with Crippen LogP contribution in [0.1, 0.15) is 200 Å². The van der Waals surface area contributed by atoms with Crippen molar-refractivity contribution in [3.63, 3.8) is 0 Å². The van der Waals surface area contributed by atoms with E-state index in [2.05, 4.69) is 116 Å². The van der Waals surface area contributed by atoms with E-state index < -0.39 is 12.0 Å². The van der Waals surface area contributed by atoms with Crippen LogP contribution in [0.4, 0.5) is 0 Å². The van der Waals surface area contributed by atoms with E-state index in [0.717, 1.165) is 141 Å². The molecule has 1 amide bonds. The Hall–Kier alpha value is -3.71. The Morgan fingerprint density at radius 2 is 0.933 bits per heavy atom. The Morgan fingerprint density at radius 1 is 0.500 bits per heavy atom. The third-order valence-corrected chi connectivity index (χ3v) is 10.1. The molecule has 2 atom stereocenters. The first kappa shape index (κ1) is 56.3. The number of carboxylic acids is 1. The molecule has 0 rings (SSSR count). The first-order chi connectivity index (χ1) is 29.4. The van der Waals surface area contributed by atoms with Gasteiger partial charge >= 0.3 is 11.9 Å². The molecule has 0 aliphatic heterocycles. The van der Waals surface area contributed by atoms with E-state index >= 15 is 0 Å². The third kappa shape index (κ3) is 42.4. The van der Waals surface area contributed by atoms with E-state index in [1.54, 1.807) is 0 Å². The van der Waals surface area contributed by atoms with Crippen molar-refractivity contribution in [2.75, 3.05) is 6.54 Å². The van der Waals surface area contributed by atoms with E-state index in [4.69, 9.17) is 10.5 Å². The molecule has 7 nitrogen and oxygen atoms in total. The molecule has 340 valence electrons. The summed E-state index contributed by atoms with van der Waals surface area (Å²) in [5.74, 6) is -1.30. The average Bonchev–Trinajstić information content (AvgIpc) is 3.23. The zero-order valence-corrected chi connectivity index (χ0v) is 38.3. The number of aliphatic carboxylic acids is 1. The molecule has 0 fully saturated rings. The van der Waals surface area contributed by atoms with Gasteiger partial charge in [0.25, 0.3) is 0 Å². The number of unbranched alkanes of at least 4 members (excludes halogenated alkanes) is 12. The molecular formula is C53H88N2O5. The quantitative estimate of drug-likeness (QED) is 0.0320. The fourth-order valence-electron chi connectivity index (χ4n) is 6.55. The van der Waals surface area contributed by atoms with Gasteiger partial charge in [-0.15, -0.1) is 0 Å². The van der Waals surface area contributed by atoms with Crippen LogP contribution < -0.4 is 11.1 Å². The number of carboxylic acid groups (broad SMARTS) is 1. The first-order valence-electron chi connectivity index (χ1n) is 24.1. The van der Waals surface area contributed by atoms with Gasteiger partial charge in [0.15, 0.2) is 0 Å². The summed E-state index contributed by atoms with van der Waals surface area (Å²) in [7, 11) is 0. The molecule has 0 heterocycles. The Bertz CT molecular complexity index is 1260. The average molecular weight is 833 g/mol. The molecule has 7 heteroatoms. The molecule has 0 saturated heterocycles. The Balaban J connectivity index is 4.36. The highest BCUT2D eigenvalue weighted by molar-refractivity contribution is 5.83. The summed E-state index contributed by atoms with van der Waals surface area (Å²) in [5, 5.41) is 11.9.